The van der Waals surface area contributed by atoms with Crippen LogP contribution in [0.5, 0.6) is 0 Å². The molecule has 0 saturated carbocycles. The van der Waals surface area contributed by atoms with Gasteiger partial charge in [0.05, 0.1) is 5.69 Å². The zero-order valence-corrected chi connectivity index (χ0v) is 12.2. The van der Waals surface area contributed by atoms with E-state index in [-0.39, 0.29) is 6.54 Å². The number of aromatic nitrogens is 2. The highest BCUT2D eigenvalue weighted by Crippen LogP contribution is 2.18. The number of rotatable bonds is 5. The van der Waals surface area contributed by atoms with Gasteiger partial charge in [-0.2, -0.15) is 18.3 Å². The molecule has 0 N–H and O–H groups in total. The van der Waals surface area contributed by atoms with Crippen LogP contribution in [-0.4, -0.2) is 39.9 Å². The summed E-state index contributed by atoms with van der Waals surface area (Å²) in [5.41, 5.74) is 2.28. The van der Waals surface area contributed by atoms with Crippen molar-refractivity contribution >= 4 is 12.0 Å². The third-order valence-corrected chi connectivity index (χ3v) is 2.99. The van der Waals surface area contributed by atoms with Crippen molar-refractivity contribution in [1.82, 2.24) is 14.7 Å². The van der Waals surface area contributed by atoms with Gasteiger partial charge in [0.1, 0.15) is 6.54 Å². The first kappa shape index (κ1) is 17.0. The van der Waals surface area contributed by atoms with E-state index in [0.29, 0.717) is 10.6 Å². The molecule has 1 aromatic rings. The summed E-state index contributed by atoms with van der Waals surface area (Å²) >= 11 is 0. The first-order valence-electron chi connectivity index (χ1n) is 6.30. The van der Waals surface area contributed by atoms with Crippen LogP contribution in [0.2, 0.25) is 0 Å². The molecular weight excluding hydrogens is 283 g/mol. The summed E-state index contributed by atoms with van der Waals surface area (Å²) in [5, 5.41) is 4.17. The van der Waals surface area contributed by atoms with Gasteiger partial charge in [-0.05, 0) is 19.9 Å². The molecule has 0 spiro atoms. The van der Waals surface area contributed by atoms with E-state index in [0.717, 1.165) is 17.3 Å². The fourth-order valence-electron chi connectivity index (χ4n) is 1.90. The lowest BCUT2D eigenvalue weighted by atomic mass is 10.2. The fourth-order valence-corrected chi connectivity index (χ4v) is 1.90. The monoisotopic (exact) mass is 301 g/mol. The van der Waals surface area contributed by atoms with E-state index in [4.69, 9.17) is 0 Å². The Bertz CT molecular complexity index is 559. The van der Waals surface area contributed by atoms with E-state index < -0.39 is 18.6 Å². The topological polar surface area (TPSA) is 38.1 Å². The van der Waals surface area contributed by atoms with Gasteiger partial charge in [0, 0.05) is 30.9 Å². The number of amides is 1. The van der Waals surface area contributed by atoms with Crippen molar-refractivity contribution in [1.29, 1.82) is 0 Å². The quantitative estimate of drug-likeness (QED) is 0.619. The summed E-state index contributed by atoms with van der Waals surface area (Å²) in [6.07, 6.45) is -0.552. The molecule has 1 amide bonds. The highest BCUT2D eigenvalue weighted by Gasteiger charge is 2.31. The van der Waals surface area contributed by atoms with Crippen LogP contribution < -0.4 is 0 Å². The molecule has 0 aliphatic carbocycles. The Kier molecular flexibility index (Phi) is 5.34. The van der Waals surface area contributed by atoms with Crippen molar-refractivity contribution in [3.63, 3.8) is 0 Å². The molecule has 1 heterocycles. The molecule has 0 radical (unpaired) electrons. The summed E-state index contributed by atoms with van der Waals surface area (Å²) in [5.74, 6) is -0.713. The largest absolute Gasteiger partial charge is 0.406 e. The van der Waals surface area contributed by atoms with Gasteiger partial charge in [-0.15, -0.1) is 6.58 Å². The predicted octanol–water partition coefficient (Wildman–Crippen LogP) is 2.63. The van der Waals surface area contributed by atoms with Crippen molar-refractivity contribution in [2.45, 2.75) is 20.0 Å². The highest BCUT2D eigenvalue weighted by molar-refractivity contribution is 5.92. The summed E-state index contributed by atoms with van der Waals surface area (Å²) in [6.45, 7) is 5.50. The minimum absolute atomic E-state index is 0.159. The molecule has 0 aliphatic heterocycles. The Hall–Kier alpha value is -2.05. The van der Waals surface area contributed by atoms with Gasteiger partial charge in [0.2, 0.25) is 5.91 Å². The van der Waals surface area contributed by atoms with Crippen LogP contribution in [0.1, 0.15) is 17.0 Å². The van der Waals surface area contributed by atoms with Gasteiger partial charge >= 0.3 is 6.18 Å². The normalized spacial score (nSPS) is 11.9. The molecule has 0 atom stereocenters. The summed E-state index contributed by atoms with van der Waals surface area (Å²) in [7, 11) is 1.76. The minimum atomic E-state index is -4.44. The Morgan fingerprint density at radius 1 is 1.43 bits per heavy atom. The summed E-state index contributed by atoms with van der Waals surface area (Å²) in [4.78, 5) is 12.6. The molecule has 4 nitrogen and oxygen atoms in total. The van der Waals surface area contributed by atoms with Gasteiger partial charge < -0.3 is 4.90 Å². The molecule has 1 aromatic heterocycles. The average Bonchev–Trinajstić information content (AvgIpc) is 2.59. The first-order chi connectivity index (χ1) is 9.65. The number of alkyl halides is 3. The first-order valence-corrected chi connectivity index (χ1v) is 6.30. The van der Waals surface area contributed by atoms with Crippen LogP contribution in [-0.2, 0) is 11.8 Å². The standard InChI is InChI=1S/C14H18F3N3O/c1-5-8-20(9-14(15,16)17)13(21)7-6-12-10(2)18-19(4)11(12)3/h5-7H,1,8-9H2,2-4H3/b7-6+. The number of aryl methyl sites for hydroxylation is 2. The maximum absolute atomic E-state index is 12.4. The van der Waals surface area contributed by atoms with Gasteiger partial charge in [0.15, 0.2) is 0 Å². The molecule has 116 valence electrons. The van der Waals surface area contributed by atoms with Crippen LogP contribution in [0.3, 0.4) is 0 Å². The lowest BCUT2D eigenvalue weighted by molar-refractivity contribution is -0.157. The van der Waals surface area contributed by atoms with Crippen LogP contribution in [0.15, 0.2) is 18.7 Å². The molecular formula is C14H18F3N3O. The van der Waals surface area contributed by atoms with Crippen LogP contribution in [0.4, 0.5) is 13.2 Å². The Balaban J connectivity index is 2.90. The minimum Gasteiger partial charge on any atom is -0.326 e. The van der Waals surface area contributed by atoms with Gasteiger partial charge in [-0.3, -0.25) is 9.48 Å². The number of hydrogen-bond donors (Lipinski definition) is 0. The van der Waals surface area contributed by atoms with E-state index in [9.17, 15) is 18.0 Å². The lowest BCUT2D eigenvalue weighted by Gasteiger charge is -2.20. The average molecular weight is 301 g/mol. The van der Waals surface area contributed by atoms with Crippen LogP contribution >= 0.6 is 0 Å². The van der Waals surface area contributed by atoms with E-state index in [2.05, 4.69) is 11.7 Å². The second-order valence-corrected chi connectivity index (χ2v) is 4.66. The summed E-state index contributed by atoms with van der Waals surface area (Å²) in [6, 6.07) is 0. The molecule has 1 rings (SSSR count). The smallest absolute Gasteiger partial charge is 0.326 e. The predicted molar refractivity (Wildman–Crippen MR) is 74.5 cm³/mol. The molecule has 0 unspecified atom stereocenters. The number of nitrogens with zero attached hydrogens (tertiary/aromatic N) is 3. The maximum Gasteiger partial charge on any atom is 0.406 e. The molecule has 7 heteroatoms. The Morgan fingerprint density at radius 3 is 2.48 bits per heavy atom. The van der Waals surface area contributed by atoms with Crippen LogP contribution in [0, 0.1) is 13.8 Å². The Labute approximate surface area is 121 Å². The van der Waals surface area contributed by atoms with E-state index in [1.165, 1.54) is 12.2 Å². The highest BCUT2D eigenvalue weighted by atomic mass is 19.4. The summed E-state index contributed by atoms with van der Waals surface area (Å²) < 4.78 is 38.9. The van der Waals surface area contributed by atoms with E-state index in [1.807, 2.05) is 6.92 Å². The third kappa shape index (κ3) is 4.77. The van der Waals surface area contributed by atoms with Gasteiger partial charge in [-0.25, -0.2) is 0 Å². The molecule has 21 heavy (non-hydrogen) atoms. The third-order valence-electron chi connectivity index (χ3n) is 2.99. The van der Waals surface area contributed by atoms with Crippen molar-refractivity contribution in [2.24, 2.45) is 7.05 Å². The number of halogens is 3. The number of carbonyl (C=O) groups is 1. The molecule has 0 saturated heterocycles. The fraction of sp³-hybridized carbons (Fsp3) is 0.429. The van der Waals surface area contributed by atoms with E-state index >= 15 is 0 Å². The molecule has 0 aliphatic rings. The van der Waals surface area contributed by atoms with Gasteiger partial charge in [-0.1, -0.05) is 6.08 Å². The van der Waals surface area contributed by atoms with Crippen molar-refractivity contribution in [3.05, 3.63) is 35.7 Å². The second-order valence-electron chi connectivity index (χ2n) is 4.66. The molecule has 0 aromatic carbocycles. The SMILES string of the molecule is C=CCN(CC(F)(F)F)C(=O)/C=C/c1c(C)nn(C)c1C. The molecule has 0 fully saturated rings. The van der Waals surface area contributed by atoms with E-state index in [1.54, 1.807) is 18.7 Å². The molecule has 0 bridgehead atoms. The number of carbonyl (C=O) groups excluding carboxylic acids is 1. The Morgan fingerprint density at radius 2 is 2.05 bits per heavy atom. The zero-order valence-electron chi connectivity index (χ0n) is 12.2. The second kappa shape index (κ2) is 6.60. The van der Waals surface area contributed by atoms with Gasteiger partial charge in [0.25, 0.3) is 0 Å². The van der Waals surface area contributed by atoms with Crippen molar-refractivity contribution < 1.29 is 18.0 Å². The lowest BCUT2D eigenvalue weighted by Crippen LogP contribution is -2.38. The van der Waals surface area contributed by atoms with Crippen molar-refractivity contribution in [3.8, 4) is 0 Å². The zero-order chi connectivity index (χ0) is 16.2. The van der Waals surface area contributed by atoms with Crippen LogP contribution in [0.25, 0.3) is 6.08 Å². The maximum atomic E-state index is 12.4. The number of hydrogen-bond acceptors (Lipinski definition) is 2. The van der Waals surface area contributed by atoms with Crippen molar-refractivity contribution in [2.75, 3.05) is 13.1 Å².